The number of fused-ring (bicyclic) bond motifs is 2. The molecular formula is C25H35N3O2. The van der Waals surface area contributed by atoms with Crippen LogP contribution in [0.25, 0.3) is 10.9 Å². The van der Waals surface area contributed by atoms with Crippen molar-refractivity contribution in [3.8, 4) is 0 Å². The quantitative estimate of drug-likeness (QED) is 0.370. The number of benzene rings is 1. The molecule has 0 radical (unpaired) electrons. The van der Waals surface area contributed by atoms with Crippen molar-refractivity contribution in [2.45, 2.75) is 26.2 Å². The molecule has 1 aliphatic heterocycles. The standard InChI is InChI=1S/C25H29N3O2.3H2/c1-17-22(21-4-2-3-5-23(21)26-17)13-19-8-11-28(16-19)15-18-6-9-25(14-20(25)12-18)10-7-24(29)27-30;;;/h2-7,9-10,12,19-20,26,30H,8,11,13-16H2,1H3,(H,27,29);3*1H/b10-7+;;;. The van der Waals surface area contributed by atoms with Crippen molar-refractivity contribution >= 4 is 16.8 Å². The fraction of sp³-hybridized carbons (Fsp3) is 0.400. The summed E-state index contributed by atoms with van der Waals surface area (Å²) in [7, 11) is 0. The maximum absolute atomic E-state index is 11.3. The van der Waals surface area contributed by atoms with Gasteiger partial charge in [-0.25, -0.2) is 5.48 Å². The number of aryl methyl sites for hydroxylation is 1. The fourth-order valence-corrected chi connectivity index (χ4v) is 5.29. The summed E-state index contributed by atoms with van der Waals surface area (Å²) in [6.07, 6.45) is 13.6. The van der Waals surface area contributed by atoms with Gasteiger partial charge in [0.2, 0.25) is 0 Å². The van der Waals surface area contributed by atoms with Crippen LogP contribution in [-0.4, -0.2) is 40.6 Å². The maximum atomic E-state index is 11.3. The number of carbonyl (C=O) groups is 1. The number of aromatic amines is 1. The van der Waals surface area contributed by atoms with Gasteiger partial charge < -0.3 is 4.98 Å². The molecule has 30 heavy (non-hydrogen) atoms. The first-order valence-electron chi connectivity index (χ1n) is 10.9. The van der Waals surface area contributed by atoms with E-state index in [0.717, 1.165) is 32.5 Å². The van der Waals surface area contributed by atoms with Gasteiger partial charge in [-0.15, -0.1) is 0 Å². The molecule has 5 rings (SSSR count). The van der Waals surface area contributed by atoms with Gasteiger partial charge in [-0.05, 0) is 61.8 Å². The molecule has 2 heterocycles. The van der Waals surface area contributed by atoms with Crippen LogP contribution in [0.15, 0.2) is 60.2 Å². The Morgan fingerprint density at radius 2 is 2.30 bits per heavy atom. The van der Waals surface area contributed by atoms with Crippen LogP contribution in [0.5, 0.6) is 0 Å². The number of hydrogen-bond acceptors (Lipinski definition) is 3. The predicted octanol–water partition coefficient (Wildman–Crippen LogP) is 4.64. The predicted molar refractivity (Wildman–Crippen MR) is 124 cm³/mol. The lowest BCUT2D eigenvalue weighted by atomic mass is 9.95. The number of aromatic nitrogens is 1. The molecule has 2 aromatic rings. The van der Waals surface area contributed by atoms with E-state index in [-0.39, 0.29) is 9.69 Å². The Bertz CT molecular complexity index is 1080. The highest BCUT2D eigenvalue weighted by Gasteiger charge is 2.50. The Morgan fingerprint density at radius 3 is 3.13 bits per heavy atom. The summed E-state index contributed by atoms with van der Waals surface area (Å²) in [6.45, 7) is 5.51. The molecule has 0 bridgehead atoms. The molecule has 1 saturated heterocycles. The summed E-state index contributed by atoms with van der Waals surface area (Å²) in [4.78, 5) is 17.4. The fourth-order valence-electron chi connectivity index (χ4n) is 5.29. The summed E-state index contributed by atoms with van der Waals surface area (Å²) in [5, 5.41) is 10.0. The average Bonchev–Trinajstić information content (AvgIpc) is 3.14. The Hall–Kier alpha value is -2.63. The van der Waals surface area contributed by atoms with Crippen molar-refractivity contribution in [1.29, 1.82) is 0 Å². The Kier molecular flexibility index (Phi) is 4.88. The van der Waals surface area contributed by atoms with Crippen molar-refractivity contribution in [3.63, 3.8) is 0 Å². The summed E-state index contributed by atoms with van der Waals surface area (Å²) in [6, 6.07) is 8.62. The van der Waals surface area contributed by atoms with Gasteiger partial charge >= 0.3 is 0 Å². The number of nitrogens with zero attached hydrogens (tertiary/aromatic N) is 1. The smallest absolute Gasteiger partial charge is 0.267 e. The highest BCUT2D eigenvalue weighted by Crippen LogP contribution is 2.58. The van der Waals surface area contributed by atoms with Gasteiger partial charge in [0.1, 0.15) is 0 Å². The number of allylic oxidation sites excluding steroid dienone is 3. The van der Waals surface area contributed by atoms with E-state index in [1.165, 1.54) is 40.2 Å². The van der Waals surface area contributed by atoms with Gasteiger partial charge in [0.25, 0.3) is 5.91 Å². The van der Waals surface area contributed by atoms with E-state index in [9.17, 15) is 4.79 Å². The van der Waals surface area contributed by atoms with E-state index < -0.39 is 5.91 Å². The summed E-state index contributed by atoms with van der Waals surface area (Å²) in [5.74, 6) is 0.718. The van der Waals surface area contributed by atoms with Gasteiger partial charge in [0, 0.05) is 45.5 Å². The first-order chi connectivity index (χ1) is 14.6. The average molecular weight is 410 g/mol. The van der Waals surface area contributed by atoms with Crippen molar-refractivity contribution in [3.05, 3.63) is 71.5 Å². The van der Waals surface area contributed by atoms with Gasteiger partial charge in [-0.2, -0.15) is 0 Å². The van der Waals surface area contributed by atoms with E-state index in [2.05, 4.69) is 59.3 Å². The lowest BCUT2D eigenvalue weighted by Crippen LogP contribution is -2.24. The lowest BCUT2D eigenvalue weighted by Gasteiger charge is -2.19. The largest absolute Gasteiger partial charge is 0.358 e. The maximum Gasteiger partial charge on any atom is 0.267 e. The molecule has 1 amide bonds. The van der Waals surface area contributed by atoms with E-state index in [1.54, 1.807) is 5.48 Å². The van der Waals surface area contributed by atoms with Crippen LogP contribution in [0.2, 0.25) is 0 Å². The molecule has 2 fully saturated rings. The van der Waals surface area contributed by atoms with Crippen LogP contribution in [0, 0.1) is 24.2 Å². The molecule has 162 valence electrons. The topological polar surface area (TPSA) is 68.4 Å². The third kappa shape index (κ3) is 3.64. The van der Waals surface area contributed by atoms with Crippen LogP contribution in [-0.2, 0) is 11.2 Å². The third-order valence-corrected chi connectivity index (χ3v) is 7.08. The molecule has 5 heteroatoms. The highest BCUT2D eigenvalue weighted by molar-refractivity contribution is 5.86. The second kappa shape index (κ2) is 7.56. The number of H-pyrrole nitrogens is 1. The zero-order chi connectivity index (χ0) is 20.7. The molecule has 1 aromatic heterocycles. The number of carbonyl (C=O) groups excluding carboxylic acids is 1. The van der Waals surface area contributed by atoms with Crippen LogP contribution >= 0.6 is 0 Å². The number of nitrogens with one attached hydrogen (secondary N) is 2. The van der Waals surface area contributed by atoms with E-state index in [1.807, 2.05) is 6.08 Å². The van der Waals surface area contributed by atoms with E-state index >= 15 is 0 Å². The first kappa shape index (κ1) is 19.3. The van der Waals surface area contributed by atoms with Gasteiger partial charge in [-0.3, -0.25) is 14.9 Å². The molecule has 3 unspecified atom stereocenters. The zero-order valence-corrected chi connectivity index (χ0v) is 17.4. The molecular weight excluding hydrogens is 374 g/mol. The number of likely N-dealkylation sites (tertiary alicyclic amines) is 1. The van der Waals surface area contributed by atoms with Crippen LogP contribution in [0.3, 0.4) is 0 Å². The Morgan fingerprint density at radius 1 is 1.43 bits per heavy atom. The zero-order valence-electron chi connectivity index (χ0n) is 17.4. The van der Waals surface area contributed by atoms with Crippen molar-refractivity contribution in [2.24, 2.45) is 17.3 Å². The van der Waals surface area contributed by atoms with Crippen LogP contribution in [0.1, 0.15) is 28.4 Å². The number of para-hydroxylation sites is 1. The lowest BCUT2D eigenvalue weighted by molar-refractivity contribution is -0.124. The number of hydrogen-bond donors (Lipinski definition) is 3. The molecule has 5 nitrogen and oxygen atoms in total. The Balaban J connectivity index is 0.00000128. The second-order valence-corrected chi connectivity index (χ2v) is 9.18. The minimum atomic E-state index is -0.466. The highest BCUT2D eigenvalue weighted by atomic mass is 16.5. The molecule has 3 aliphatic rings. The van der Waals surface area contributed by atoms with E-state index in [4.69, 9.17) is 5.21 Å². The number of hydroxylamine groups is 1. The summed E-state index contributed by atoms with van der Waals surface area (Å²) < 4.78 is 0. The van der Waals surface area contributed by atoms with Crippen molar-refractivity contribution in [2.75, 3.05) is 19.6 Å². The minimum absolute atomic E-state index is 0. The van der Waals surface area contributed by atoms with Gasteiger partial charge in [-0.1, -0.05) is 42.5 Å². The summed E-state index contributed by atoms with van der Waals surface area (Å²) >= 11 is 0. The van der Waals surface area contributed by atoms with Crippen molar-refractivity contribution < 1.29 is 14.3 Å². The van der Waals surface area contributed by atoms with Crippen molar-refractivity contribution in [1.82, 2.24) is 15.4 Å². The molecule has 1 saturated carbocycles. The molecule has 1 aromatic carbocycles. The molecule has 0 spiro atoms. The molecule has 3 N–H and O–H groups in total. The molecule has 2 aliphatic carbocycles. The van der Waals surface area contributed by atoms with Crippen LogP contribution < -0.4 is 5.48 Å². The normalized spacial score (nSPS) is 28.1. The minimum Gasteiger partial charge on any atom is -0.358 e. The summed E-state index contributed by atoms with van der Waals surface area (Å²) in [5.41, 5.74) is 7.06. The molecule has 3 atom stereocenters. The van der Waals surface area contributed by atoms with Gasteiger partial charge in [0.15, 0.2) is 0 Å². The second-order valence-electron chi connectivity index (χ2n) is 9.18. The van der Waals surface area contributed by atoms with E-state index in [0.29, 0.717) is 11.8 Å². The first-order valence-corrected chi connectivity index (χ1v) is 10.9. The third-order valence-electron chi connectivity index (χ3n) is 7.08. The monoisotopic (exact) mass is 409 g/mol. The number of amides is 1. The van der Waals surface area contributed by atoms with Crippen LogP contribution in [0.4, 0.5) is 0 Å². The SMILES string of the molecule is Cc1[nH]c2ccccc2c1CC1CCN(CC2=CC3CC3(/C=C/C(=O)NO)C=C2)C1.[HH].[HH].[HH]. The number of rotatable bonds is 6. The van der Waals surface area contributed by atoms with Gasteiger partial charge in [0.05, 0.1) is 0 Å². The Labute approximate surface area is 181 Å².